The lowest BCUT2D eigenvalue weighted by molar-refractivity contribution is -0.113. The van der Waals surface area contributed by atoms with Crippen molar-refractivity contribution in [1.82, 2.24) is 9.29 Å². The smallest absolute Gasteiger partial charge is 0.244 e. The van der Waals surface area contributed by atoms with Crippen LogP contribution < -0.4 is 5.32 Å². The average Bonchev–Trinajstić information content (AvgIpc) is 3.20. The lowest BCUT2D eigenvalue weighted by atomic mass is 10.1. The molecule has 1 aliphatic rings. The van der Waals surface area contributed by atoms with E-state index in [1.165, 1.54) is 22.3 Å². The number of sulfonamides is 1. The van der Waals surface area contributed by atoms with Crippen molar-refractivity contribution in [2.45, 2.75) is 36.6 Å². The third-order valence-corrected chi connectivity index (χ3v) is 7.47. The number of aromatic nitrogens is 1. The van der Waals surface area contributed by atoms with E-state index in [-0.39, 0.29) is 16.6 Å². The quantitative estimate of drug-likeness (QED) is 0.747. The number of anilines is 1. The second-order valence-electron chi connectivity index (χ2n) is 6.53. The van der Waals surface area contributed by atoms with Crippen LogP contribution in [0.1, 0.15) is 24.0 Å². The zero-order valence-corrected chi connectivity index (χ0v) is 17.1. The highest BCUT2D eigenvalue weighted by molar-refractivity contribution is 7.99. The van der Waals surface area contributed by atoms with Crippen LogP contribution in [-0.4, -0.2) is 42.5 Å². The molecule has 1 amide bonds. The van der Waals surface area contributed by atoms with Gasteiger partial charge in [0, 0.05) is 25.0 Å². The largest absolute Gasteiger partial charge is 0.325 e. The van der Waals surface area contributed by atoms with E-state index in [2.05, 4.69) is 10.3 Å². The van der Waals surface area contributed by atoms with Gasteiger partial charge in [-0.05, 0) is 56.0 Å². The van der Waals surface area contributed by atoms with Gasteiger partial charge in [0.25, 0.3) is 0 Å². The fourth-order valence-electron chi connectivity index (χ4n) is 2.89. The molecule has 6 nitrogen and oxygen atoms in total. The van der Waals surface area contributed by atoms with E-state index in [4.69, 9.17) is 0 Å². The second kappa shape index (κ2) is 8.41. The number of pyridine rings is 1. The number of aryl methyl sites for hydroxylation is 1. The molecule has 1 aliphatic heterocycles. The average molecular weight is 406 g/mol. The molecule has 1 N–H and O–H groups in total. The lowest BCUT2D eigenvalue weighted by Crippen LogP contribution is -2.27. The number of amides is 1. The Kier molecular flexibility index (Phi) is 6.18. The summed E-state index contributed by atoms with van der Waals surface area (Å²) in [6, 6.07) is 9.00. The van der Waals surface area contributed by atoms with Gasteiger partial charge in [0.05, 0.1) is 10.8 Å². The van der Waals surface area contributed by atoms with Gasteiger partial charge < -0.3 is 5.32 Å². The standard InChI is InChI=1S/C19H23N3O3S2/c1-14-6-5-7-17(15(14)2)21-18(23)13-26-19-9-8-16(12-20-19)27(24,25)22-10-3-4-11-22/h5-9,12H,3-4,10-11,13H2,1-2H3,(H,21,23). The number of thioether (sulfide) groups is 1. The first kappa shape index (κ1) is 19.9. The topological polar surface area (TPSA) is 79.4 Å². The van der Waals surface area contributed by atoms with E-state index < -0.39 is 10.0 Å². The minimum Gasteiger partial charge on any atom is -0.325 e. The maximum atomic E-state index is 12.5. The number of nitrogens with one attached hydrogen (secondary N) is 1. The van der Waals surface area contributed by atoms with E-state index >= 15 is 0 Å². The van der Waals surface area contributed by atoms with E-state index in [1.807, 2.05) is 32.0 Å². The van der Waals surface area contributed by atoms with E-state index in [9.17, 15) is 13.2 Å². The Morgan fingerprint density at radius 1 is 1.19 bits per heavy atom. The highest BCUT2D eigenvalue weighted by Crippen LogP contribution is 2.23. The van der Waals surface area contributed by atoms with Crippen molar-refractivity contribution < 1.29 is 13.2 Å². The number of carbonyl (C=O) groups excluding carboxylic acids is 1. The van der Waals surface area contributed by atoms with Crippen LogP contribution in [0, 0.1) is 13.8 Å². The fourth-order valence-corrected chi connectivity index (χ4v) is 5.00. The summed E-state index contributed by atoms with van der Waals surface area (Å²) in [4.78, 5) is 16.6. The zero-order valence-electron chi connectivity index (χ0n) is 15.4. The molecule has 0 aliphatic carbocycles. The number of hydrogen-bond donors (Lipinski definition) is 1. The predicted molar refractivity (Wildman–Crippen MR) is 107 cm³/mol. The summed E-state index contributed by atoms with van der Waals surface area (Å²) >= 11 is 1.28. The van der Waals surface area contributed by atoms with Crippen molar-refractivity contribution in [3.05, 3.63) is 47.7 Å². The summed E-state index contributed by atoms with van der Waals surface area (Å²) in [7, 11) is -3.45. The lowest BCUT2D eigenvalue weighted by Gasteiger charge is -2.15. The Balaban J connectivity index is 1.58. The Labute approximate surface area is 164 Å². The van der Waals surface area contributed by atoms with Crippen molar-refractivity contribution in [3.63, 3.8) is 0 Å². The maximum Gasteiger partial charge on any atom is 0.244 e. The van der Waals surface area contributed by atoms with E-state index in [0.717, 1.165) is 29.7 Å². The van der Waals surface area contributed by atoms with Crippen LogP contribution in [0.25, 0.3) is 0 Å². The van der Waals surface area contributed by atoms with Crippen LogP contribution >= 0.6 is 11.8 Å². The molecule has 0 bridgehead atoms. The monoisotopic (exact) mass is 405 g/mol. The highest BCUT2D eigenvalue weighted by Gasteiger charge is 2.27. The molecule has 0 unspecified atom stereocenters. The van der Waals surface area contributed by atoms with Gasteiger partial charge in [-0.25, -0.2) is 13.4 Å². The summed E-state index contributed by atoms with van der Waals surface area (Å²) in [5.74, 6) is 0.0859. The molecule has 2 aromatic rings. The molecule has 1 fully saturated rings. The van der Waals surface area contributed by atoms with Crippen molar-refractivity contribution >= 4 is 33.4 Å². The van der Waals surface area contributed by atoms with Gasteiger partial charge in [-0.1, -0.05) is 23.9 Å². The summed E-state index contributed by atoms with van der Waals surface area (Å²) in [6.45, 7) is 5.11. The van der Waals surface area contributed by atoms with Crippen LogP contribution in [0.4, 0.5) is 5.69 Å². The van der Waals surface area contributed by atoms with Crippen LogP contribution in [-0.2, 0) is 14.8 Å². The molecular formula is C19H23N3O3S2. The second-order valence-corrected chi connectivity index (χ2v) is 9.46. The third-order valence-electron chi connectivity index (χ3n) is 4.64. The van der Waals surface area contributed by atoms with E-state index in [0.29, 0.717) is 18.1 Å². The summed E-state index contributed by atoms with van der Waals surface area (Å²) in [5, 5.41) is 3.52. The zero-order chi connectivity index (χ0) is 19.4. The number of benzene rings is 1. The molecule has 144 valence electrons. The molecule has 0 radical (unpaired) electrons. The van der Waals surface area contributed by atoms with Crippen LogP contribution in [0.15, 0.2) is 46.5 Å². The van der Waals surface area contributed by atoms with Gasteiger partial charge in [-0.15, -0.1) is 0 Å². The van der Waals surface area contributed by atoms with Crippen molar-refractivity contribution in [2.24, 2.45) is 0 Å². The highest BCUT2D eigenvalue weighted by atomic mass is 32.2. The first-order chi connectivity index (χ1) is 12.9. The van der Waals surface area contributed by atoms with Crippen molar-refractivity contribution in [2.75, 3.05) is 24.2 Å². The first-order valence-corrected chi connectivity index (χ1v) is 11.3. The molecular weight excluding hydrogens is 382 g/mol. The number of rotatable bonds is 6. The number of nitrogens with zero attached hydrogens (tertiary/aromatic N) is 2. The molecule has 0 saturated carbocycles. The Hall–Kier alpha value is -1.90. The third kappa shape index (κ3) is 4.69. The first-order valence-electron chi connectivity index (χ1n) is 8.83. The Morgan fingerprint density at radius 2 is 1.93 bits per heavy atom. The Morgan fingerprint density at radius 3 is 2.59 bits per heavy atom. The van der Waals surface area contributed by atoms with E-state index in [1.54, 1.807) is 12.1 Å². The predicted octanol–water partition coefficient (Wildman–Crippen LogP) is 3.21. The number of hydrogen-bond acceptors (Lipinski definition) is 5. The molecule has 3 rings (SSSR count). The summed E-state index contributed by atoms with van der Waals surface area (Å²) in [6.07, 6.45) is 3.17. The molecule has 0 atom stereocenters. The van der Waals surface area contributed by atoms with Crippen LogP contribution in [0.5, 0.6) is 0 Å². The molecule has 0 spiro atoms. The normalized spacial score (nSPS) is 15.0. The molecule has 8 heteroatoms. The van der Waals surface area contributed by atoms with Crippen molar-refractivity contribution in [1.29, 1.82) is 0 Å². The molecule has 1 saturated heterocycles. The molecule has 27 heavy (non-hydrogen) atoms. The summed E-state index contributed by atoms with van der Waals surface area (Å²) < 4.78 is 26.5. The van der Waals surface area contributed by atoms with Gasteiger partial charge in [0.2, 0.25) is 15.9 Å². The SMILES string of the molecule is Cc1cccc(NC(=O)CSc2ccc(S(=O)(=O)N3CCCC3)cn2)c1C. The van der Waals surface area contributed by atoms with Crippen LogP contribution in [0.2, 0.25) is 0 Å². The number of carbonyl (C=O) groups is 1. The van der Waals surface area contributed by atoms with Gasteiger partial charge in [-0.3, -0.25) is 4.79 Å². The maximum absolute atomic E-state index is 12.5. The van der Waals surface area contributed by atoms with Gasteiger partial charge in [-0.2, -0.15) is 4.31 Å². The fraction of sp³-hybridized carbons (Fsp3) is 0.368. The summed E-state index contributed by atoms with van der Waals surface area (Å²) in [5.41, 5.74) is 2.97. The van der Waals surface area contributed by atoms with Crippen molar-refractivity contribution in [3.8, 4) is 0 Å². The minimum atomic E-state index is -3.45. The van der Waals surface area contributed by atoms with Crippen LogP contribution in [0.3, 0.4) is 0 Å². The molecule has 1 aromatic carbocycles. The van der Waals surface area contributed by atoms with Gasteiger partial charge in [0.1, 0.15) is 4.90 Å². The molecule has 1 aromatic heterocycles. The Bertz CT molecular complexity index is 922. The minimum absolute atomic E-state index is 0.121. The van der Waals surface area contributed by atoms with Gasteiger partial charge in [0.15, 0.2) is 0 Å². The molecule has 2 heterocycles. The van der Waals surface area contributed by atoms with Gasteiger partial charge >= 0.3 is 0 Å².